The van der Waals surface area contributed by atoms with Crippen molar-refractivity contribution < 1.29 is 18.7 Å². The number of nitrogens with one attached hydrogen (secondary N) is 1. The van der Waals surface area contributed by atoms with Gasteiger partial charge in [0.15, 0.2) is 6.61 Å². The molecule has 1 N–H and O–H groups in total. The van der Waals surface area contributed by atoms with E-state index in [4.69, 9.17) is 16.3 Å². The number of amides is 1. The monoisotopic (exact) mass is 399 g/mol. The summed E-state index contributed by atoms with van der Waals surface area (Å²) in [7, 11) is 0. The second kappa shape index (κ2) is 8.08. The summed E-state index contributed by atoms with van der Waals surface area (Å²) in [6.07, 6.45) is 0. The van der Waals surface area contributed by atoms with Crippen molar-refractivity contribution in [3.05, 3.63) is 68.9 Å². The second-order valence-corrected chi connectivity index (χ2v) is 5.86. The lowest BCUT2D eigenvalue weighted by atomic mass is 10.2. The van der Waals surface area contributed by atoms with Crippen LogP contribution in [0.4, 0.5) is 4.39 Å². The van der Waals surface area contributed by atoms with Crippen LogP contribution in [0, 0.1) is 5.82 Å². The SMILES string of the molecule is O=C(COC(=O)c1cc(Cl)ccc1F)NCc1ccccc1Br. The smallest absolute Gasteiger partial charge is 0.341 e. The Hall–Kier alpha value is -1.92. The molecule has 0 radical (unpaired) electrons. The molecule has 0 heterocycles. The summed E-state index contributed by atoms with van der Waals surface area (Å²) in [6.45, 7) is -0.224. The van der Waals surface area contributed by atoms with Crippen LogP contribution >= 0.6 is 27.5 Å². The number of hydrogen-bond donors (Lipinski definition) is 1. The summed E-state index contributed by atoms with van der Waals surface area (Å²) in [5.41, 5.74) is 0.573. The largest absolute Gasteiger partial charge is 0.452 e. The maximum atomic E-state index is 13.5. The summed E-state index contributed by atoms with van der Waals surface area (Å²) in [6, 6.07) is 10.9. The minimum absolute atomic E-state index is 0.205. The van der Waals surface area contributed by atoms with Crippen molar-refractivity contribution >= 4 is 39.4 Å². The molecule has 0 spiro atoms. The van der Waals surface area contributed by atoms with Gasteiger partial charge in [0.05, 0.1) is 5.56 Å². The topological polar surface area (TPSA) is 55.4 Å². The van der Waals surface area contributed by atoms with Crippen molar-refractivity contribution in [2.45, 2.75) is 6.54 Å². The molecule has 23 heavy (non-hydrogen) atoms. The highest BCUT2D eigenvalue weighted by Gasteiger charge is 2.15. The van der Waals surface area contributed by atoms with Crippen LogP contribution in [-0.4, -0.2) is 18.5 Å². The quantitative estimate of drug-likeness (QED) is 0.779. The van der Waals surface area contributed by atoms with E-state index < -0.39 is 24.3 Å². The van der Waals surface area contributed by atoms with Crippen molar-refractivity contribution in [1.82, 2.24) is 5.32 Å². The van der Waals surface area contributed by atoms with Crippen LogP contribution in [0.3, 0.4) is 0 Å². The highest BCUT2D eigenvalue weighted by molar-refractivity contribution is 9.10. The zero-order valence-electron chi connectivity index (χ0n) is 11.8. The van der Waals surface area contributed by atoms with E-state index in [1.807, 2.05) is 24.3 Å². The van der Waals surface area contributed by atoms with E-state index in [1.54, 1.807) is 0 Å². The van der Waals surface area contributed by atoms with E-state index >= 15 is 0 Å². The second-order valence-electron chi connectivity index (χ2n) is 4.57. The average molecular weight is 401 g/mol. The molecule has 0 fully saturated rings. The number of halogens is 3. The zero-order valence-corrected chi connectivity index (χ0v) is 14.2. The van der Waals surface area contributed by atoms with E-state index in [9.17, 15) is 14.0 Å². The highest BCUT2D eigenvalue weighted by atomic mass is 79.9. The summed E-state index contributed by atoms with van der Waals surface area (Å²) >= 11 is 9.06. The van der Waals surface area contributed by atoms with E-state index in [-0.39, 0.29) is 17.1 Å². The van der Waals surface area contributed by atoms with Crippen LogP contribution in [-0.2, 0) is 16.1 Å². The van der Waals surface area contributed by atoms with Crippen molar-refractivity contribution in [3.8, 4) is 0 Å². The van der Waals surface area contributed by atoms with Crippen LogP contribution in [0.15, 0.2) is 46.9 Å². The number of benzene rings is 2. The summed E-state index contributed by atoms with van der Waals surface area (Å²) in [5, 5.41) is 2.81. The average Bonchev–Trinajstić information content (AvgIpc) is 2.54. The number of rotatable bonds is 5. The molecule has 0 aliphatic rings. The van der Waals surface area contributed by atoms with E-state index in [1.165, 1.54) is 6.07 Å². The molecule has 0 aliphatic heterocycles. The number of carbonyl (C=O) groups is 2. The summed E-state index contributed by atoms with van der Waals surface area (Å²) in [5.74, 6) is -2.19. The lowest BCUT2D eigenvalue weighted by molar-refractivity contribution is -0.124. The van der Waals surface area contributed by atoms with Crippen molar-refractivity contribution in [1.29, 1.82) is 0 Å². The maximum Gasteiger partial charge on any atom is 0.341 e. The van der Waals surface area contributed by atoms with Gasteiger partial charge in [0, 0.05) is 16.0 Å². The third kappa shape index (κ3) is 5.04. The number of carbonyl (C=O) groups excluding carboxylic acids is 2. The van der Waals surface area contributed by atoms with E-state index in [0.29, 0.717) is 0 Å². The first-order valence-electron chi connectivity index (χ1n) is 6.59. The van der Waals surface area contributed by atoms with Gasteiger partial charge in [0.1, 0.15) is 5.82 Å². The minimum atomic E-state index is -0.943. The molecule has 7 heteroatoms. The molecule has 0 saturated heterocycles. The molecule has 1 amide bonds. The number of hydrogen-bond acceptors (Lipinski definition) is 3. The van der Waals surface area contributed by atoms with E-state index in [2.05, 4.69) is 21.2 Å². The van der Waals surface area contributed by atoms with Gasteiger partial charge in [0.25, 0.3) is 5.91 Å². The van der Waals surface area contributed by atoms with Gasteiger partial charge in [0.2, 0.25) is 0 Å². The number of esters is 1. The van der Waals surface area contributed by atoms with Crippen molar-refractivity contribution in [2.24, 2.45) is 0 Å². The zero-order chi connectivity index (χ0) is 16.8. The highest BCUT2D eigenvalue weighted by Crippen LogP contribution is 2.16. The summed E-state index contributed by atoms with van der Waals surface area (Å²) < 4.78 is 19.1. The third-order valence-corrected chi connectivity index (χ3v) is 3.93. The molecule has 0 atom stereocenters. The predicted molar refractivity (Wildman–Crippen MR) is 87.7 cm³/mol. The maximum absolute atomic E-state index is 13.5. The molecule has 120 valence electrons. The van der Waals surface area contributed by atoms with Crippen molar-refractivity contribution in [2.75, 3.05) is 6.61 Å². The Morgan fingerprint density at radius 1 is 1.22 bits per heavy atom. The molecule has 0 aromatic heterocycles. The third-order valence-electron chi connectivity index (χ3n) is 2.92. The minimum Gasteiger partial charge on any atom is -0.452 e. The lowest BCUT2D eigenvalue weighted by Crippen LogP contribution is -2.28. The molecule has 0 saturated carbocycles. The van der Waals surface area contributed by atoms with Gasteiger partial charge in [-0.25, -0.2) is 9.18 Å². The molecular weight excluding hydrogens is 389 g/mol. The summed E-state index contributed by atoms with van der Waals surface area (Å²) in [4.78, 5) is 23.4. The first kappa shape index (κ1) is 17.4. The van der Waals surface area contributed by atoms with E-state index in [0.717, 1.165) is 22.2 Å². The molecule has 2 aromatic rings. The van der Waals surface area contributed by atoms with Gasteiger partial charge < -0.3 is 10.1 Å². The van der Waals surface area contributed by atoms with Gasteiger partial charge in [-0.2, -0.15) is 0 Å². The Balaban J connectivity index is 1.86. The van der Waals surface area contributed by atoms with Crippen LogP contribution in [0.2, 0.25) is 5.02 Å². The molecule has 0 unspecified atom stereocenters. The molecule has 0 bridgehead atoms. The first-order valence-corrected chi connectivity index (χ1v) is 7.77. The van der Waals surface area contributed by atoms with Gasteiger partial charge in [-0.3, -0.25) is 4.79 Å². The standard InChI is InChI=1S/C16H12BrClFNO3/c17-13-4-2-1-3-10(13)8-20-15(21)9-23-16(22)12-7-11(18)5-6-14(12)19/h1-7H,8-9H2,(H,20,21). The van der Waals surface area contributed by atoms with Gasteiger partial charge in [-0.1, -0.05) is 45.7 Å². The first-order chi connectivity index (χ1) is 11.0. The lowest BCUT2D eigenvalue weighted by Gasteiger charge is -2.08. The fourth-order valence-corrected chi connectivity index (χ4v) is 2.35. The van der Waals surface area contributed by atoms with Crippen molar-refractivity contribution in [3.63, 3.8) is 0 Å². The molecule has 4 nitrogen and oxygen atoms in total. The van der Waals surface area contributed by atoms with Gasteiger partial charge in [-0.15, -0.1) is 0 Å². The normalized spacial score (nSPS) is 10.2. The van der Waals surface area contributed by atoms with Crippen LogP contribution in [0.25, 0.3) is 0 Å². The predicted octanol–water partition coefficient (Wildman–Crippen LogP) is 3.71. The van der Waals surface area contributed by atoms with Crippen LogP contribution < -0.4 is 5.32 Å². The fourth-order valence-electron chi connectivity index (χ4n) is 1.75. The van der Waals surface area contributed by atoms with Gasteiger partial charge in [-0.05, 0) is 29.8 Å². The Labute approximate surface area is 145 Å². The van der Waals surface area contributed by atoms with Crippen LogP contribution in [0.5, 0.6) is 0 Å². The molecule has 0 aliphatic carbocycles. The van der Waals surface area contributed by atoms with Gasteiger partial charge >= 0.3 is 5.97 Å². The Kier molecular flexibility index (Phi) is 6.12. The Morgan fingerprint density at radius 3 is 2.70 bits per heavy atom. The fraction of sp³-hybridized carbons (Fsp3) is 0.125. The van der Waals surface area contributed by atoms with Crippen LogP contribution in [0.1, 0.15) is 15.9 Å². The number of ether oxygens (including phenoxy) is 1. The Morgan fingerprint density at radius 2 is 1.96 bits per heavy atom. The molecular formula is C16H12BrClFNO3. The Bertz CT molecular complexity index is 739. The molecule has 2 aromatic carbocycles. The molecule has 2 rings (SSSR count).